The minimum atomic E-state index is -2.51. The van der Waals surface area contributed by atoms with E-state index in [1.165, 1.54) is 70.6 Å². The first kappa shape index (κ1) is 28.9. The van der Waals surface area contributed by atoms with Crippen LogP contribution in [0.1, 0.15) is 96.3 Å². The number of nitrogens with one attached hydrogen (secondary N) is 1. The second-order valence-electron chi connectivity index (χ2n) is 7.82. The van der Waals surface area contributed by atoms with Crippen molar-refractivity contribution in [2.45, 2.75) is 102 Å². The third kappa shape index (κ3) is 17.3. The van der Waals surface area contributed by atoms with Crippen LogP contribution in [-0.4, -0.2) is 48.3 Å². The van der Waals surface area contributed by atoms with Gasteiger partial charge in [0.05, 0.1) is 0 Å². The molecule has 0 aromatic rings. The van der Waals surface area contributed by atoms with E-state index in [0.29, 0.717) is 19.0 Å². The summed E-state index contributed by atoms with van der Waals surface area (Å²) in [4.78, 5) is 11.9. The molecule has 0 bridgehead atoms. The van der Waals surface area contributed by atoms with Crippen LogP contribution in [0.4, 0.5) is 0 Å². The molecule has 0 aromatic heterocycles. The van der Waals surface area contributed by atoms with Crippen molar-refractivity contribution in [2.75, 3.05) is 33.6 Å². The largest absolute Gasteiger partial charge is 0.500 e. The molecular weight excluding hydrogens is 402 g/mol. The lowest BCUT2D eigenvalue weighted by molar-refractivity contribution is -0.121. The highest BCUT2D eigenvalue weighted by Crippen LogP contribution is 2.15. The number of carbonyl (C=O) groups is 1. The number of rotatable bonds is 22. The quantitative estimate of drug-likeness (QED) is 0.125. The SMILES string of the molecule is CO[Si](CCCNC(=O)CCCCCCCCCCCCCCCS)(OC)OC. The van der Waals surface area contributed by atoms with Crippen LogP contribution in [0, 0.1) is 0 Å². The molecule has 0 aliphatic rings. The van der Waals surface area contributed by atoms with Gasteiger partial charge in [0, 0.05) is 40.3 Å². The second-order valence-corrected chi connectivity index (χ2v) is 11.4. The number of unbranched alkanes of at least 4 members (excludes halogenated alkanes) is 12. The van der Waals surface area contributed by atoms with Crippen molar-refractivity contribution < 1.29 is 18.1 Å². The standard InChI is InChI=1S/C22H47NO4SSi/c1-25-29(26-2,27-3)21-17-19-23-22(24)18-15-13-11-9-7-5-4-6-8-10-12-14-16-20-28/h28H,4-21H2,1-3H3,(H,23,24). The van der Waals surface area contributed by atoms with Gasteiger partial charge < -0.3 is 18.6 Å². The fraction of sp³-hybridized carbons (Fsp3) is 0.955. The summed E-state index contributed by atoms with van der Waals surface area (Å²) in [5.74, 6) is 1.18. The predicted octanol–water partition coefficient (Wildman–Crippen LogP) is 5.76. The van der Waals surface area contributed by atoms with Crippen LogP contribution >= 0.6 is 12.6 Å². The smallest absolute Gasteiger partial charge is 0.377 e. The third-order valence-corrected chi connectivity index (χ3v) is 8.63. The maximum absolute atomic E-state index is 11.9. The summed E-state index contributed by atoms with van der Waals surface area (Å²) < 4.78 is 16.1. The molecule has 174 valence electrons. The maximum atomic E-state index is 11.9. The average Bonchev–Trinajstić information content (AvgIpc) is 2.74. The normalized spacial score (nSPS) is 11.7. The Balaban J connectivity index is 3.35. The minimum absolute atomic E-state index is 0.152. The Morgan fingerprint density at radius 1 is 0.690 bits per heavy atom. The monoisotopic (exact) mass is 449 g/mol. The Morgan fingerprint density at radius 2 is 1.10 bits per heavy atom. The van der Waals surface area contributed by atoms with Gasteiger partial charge in [0.25, 0.3) is 0 Å². The van der Waals surface area contributed by atoms with Crippen molar-refractivity contribution in [3.8, 4) is 0 Å². The molecule has 0 atom stereocenters. The van der Waals surface area contributed by atoms with Gasteiger partial charge in [-0.25, -0.2) is 0 Å². The van der Waals surface area contributed by atoms with E-state index in [1.807, 2.05) is 0 Å². The van der Waals surface area contributed by atoms with Crippen molar-refractivity contribution >= 4 is 27.3 Å². The van der Waals surface area contributed by atoms with Crippen molar-refractivity contribution in [1.29, 1.82) is 0 Å². The van der Waals surface area contributed by atoms with Gasteiger partial charge in [-0.1, -0.05) is 70.6 Å². The first-order valence-corrected chi connectivity index (χ1v) is 14.2. The summed E-state index contributed by atoms with van der Waals surface area (Å²) in [5, 5.41) is 2.99. The second kappa shape index (κ2) is 21.2. The molecule has 0 spiro atoms. The summed E-state index contributed by atoms with van der Waals surface area (Å²) >= 11 is 4.25. The van der Waals surface area contributed by atoms with Crippen LogP contribution in [0.25, 0.3) is 0 Å². The first-order chi connectivity index (χ1) is 14.1. The van der Waals surface area contributed by atoms with E-state index in [-0.39, 0.29) is 5.91 Å². The van der Waals surface area contributed by atoms with Crippen LogP contribution in [0.3, 0.4) is 0 Å². The molecule has 0 fully saturated rings. The zero-order valence-corrected chi connectivity index (χ0v) is 21.2. The predicted molar refractivity (Wildman–Crippen MR) is 128 cm³/mol. The van der Waals surface area contributed by atoms with E-state index in [1.54, 1.807) is 21.3 Å². The average molecular weight is 450 g/mol. The molecule has 29 heavy (non-hydrogen) atoms. The molecule has 0 aromatic carbocycles. The highest BCUT2D eigenvalue weighted by Gasteiger charge is 2.36. The van der Waals surface area contributed by atoms with E-state index in [4.69, 9.17) is 13.3 Å². The molecule has 0 heterocycles. The zero-order valence-electron chi connectivity index (χ0n) is 19.3. The molecular formula is C22H47NO4SSi. The molecule has 7 heteroatoms. The van der Waals surface area contributed by atoms with Crippen LogP contribution in [-0.2, 0) is 18.1 Å². The topological polar surface area (TPSA) is 56.8 Å². The first-order valence-electron chi connectivity index (χ1n) is 11.7. The van der Waals surface area contributed by atoms with Crippen molar-refractivity contribution in [1.82, 2.24) is 5.32 Å². The number of carbonyl (C=O) groups excluding carboxylic acids is 1. The summed E-state index contributed by atoms with van der Waals surface area (Å²) in [7, 11) is 2.34. The molecule has 1 N–H and O–H groups in total. The molecule has 0 aliphatic heterocycles. The zero-order chi connectivity index (χ0) is 21.6. The summed E-state index contributed by atoms with van der Waals surface area (Å²) in [6.45, 7) is 0.652. The van der Waals surface area contributed by atoms with E-state index < -0.39 is 8.80 Å². The maximum Gasteiger partial charge on any atom is 0.500 e. The van der Waals surface area contributed by atoms with Gasteiger partial charge in [0.15, 0.2) is 0 Å². The number of hydrogen-bond acceptors (Lipinski definition) is 5. The summed E-state index contributed by atoms with van der Waals surface area (Å²) in [5.41, 5.74) is 0. The fourth-order valence-corrected chi connectivity index (χ4v) is 5.46. The van der Waals surface area contributed by atoms with Crippen LogP contribution in [0.5, 0.6) is 0 Å². The highest BCUT2D eigenvalue weighted by atomic mass is 32.1. The molecule has 0 radical (unpaired) electrons. The molecule has 0 aliphatic carbocycles. The summed E-state index contributed by atoms with van der Waals surface area (Å²) in [6, 6.07) is 0.715. The minimum Gasteiger partial charge on any atom is -0.377 e. The number of thiol groups is 1. The number of hydrogen-bond donors (Lipinski definition) is 2. The molecule has 0 saturated heterocycles. The van der Waals surface area contributed by atoms with Crippen LogP contribution in [0.2, 0.25) is 6.04 Å². The van der Waals surface area contributed by atoms with E-state index in [9.17, 15) is 4.79 Å². The Kier molecular flexibility index (Phi) is 21.1. The fourth-order valence-electron chi connectivity index (χ4n) is 3.52. The highest BCUT2D eigenvalue weighted by molar-refractivity contribution is 7.80. The van der Waals surface area contributed by atoms with E-state index >= 15 is 0 Å². The number of amides is 1. The summed E-state index contributed by atoms with van der Waals surface area (Å²) in [6.07, 6.45) is 18.4. The van der Waals surface area contributed by atoms with E-state index in [0.717, 1.165) is 25.0 Å². The molecule has 0 rings (SSSR count). The van der Waals surface area contributed by atoms with Gasteiger partial charge >= 0.3 is 8.80 Å². The van der Waals surface area contributed by atoms with Crippen molar-refractivity contribution in [2.24, 2.45) is 0 Å². The van der Waals surface area contributed by atoms with Crippen LogP contribution in [0.15, 0.2) is 0 Å². The Hall–Kier alpha value is -0.0831. The molecule has 1 amide bonds. The Bertz CT molecular complexity index is 362. The molecule has 0 saturated carbocycles. The van der Waals surface area contributed by atoms with Gasteiger partial charge in [-0.05, 0) is 25.0 Å². The van der Waals surface area contributed by atoms with Gasteiger partial charge in [-0.2, -0.15) is 12.6 Å². The Labute approximate surface area is 186 Å². The van der Waals surface area contributed by atoms with Crippen molar-refractivity contribution in [3.63, 3.8) is 0 Å². The molecule has 0 unspecified atom stereocenters. The van der Waals surface area contributed by atoms with Crippen molar-refractivity contribution in [3.05, 3.63) is 0 Å². The van der Waals surface area contributed by atoms with Gasteiger partial charge in [-0.3, -0.25) is 4.79 Å². The Morgan fingerprint density at radius 3 is 1.52 bits per heavy atom. The lowest BCUT2D eigenvalue weighted by Crippen LogP contribution is -2.43. The lowest BCUT2D eigenvalue weighted by Gasteiger charge is -2.24. The van der Waals surface area contributed by atoms with Crippen LogP contribution < -0.4 is 5.32 Å². The lowest BCUT2D eigenvalue weighted by atomic mass is 10.0. The van der Waals surface area contributed by atoms with Gasteiger partial charge in [0.1, 0.15) is 0 Å². The third-order valence-electron chi connectivity index (χ3n) is 5.48. The molecule has 5 nitrogen and oxygen atoms in total. The van der Waals surface area contributed by atoms with Gasteiger partial charge in [0.2, 0.25) is 5.91 Å². The van der Waals surface area contributed by atoms with E-state index in [2.05, 4.69) is 17.9 Å². The van der Waals surface area contributed by atoms with Gasteiger partial charge in [-0.15, -0.1) is 0 Å².